The zero-order valence-corrected chi connectivity index (χ0v) is 14.5. The van der Waals surface area contributed by atoms with Gasteiger partial charge in [-0.1, -0.05) is 50.3 Å². The second-order valence-corrected chi connectivity index (χ2v) is 6.26. The highest BCUT2D eigenvalue weighted by molar-refractivity contribution is 9.10. The van der Waals surface area contributed by atoms with Crippen LogP contribution in [0.1, 0.15) is 10.4 Å². The van der Waals surface area contributed by atoms with Crippen LogP contribution in [0.5, 0.6) is 0 Å². The smallest absolute Gasteiger partial charge is 0.322 e. The fourth-order valence-corrected chi connectivity index (χ4v) is 2.73. The first-order valence-corrected chi connectivity index (χ1v) is 7.93. The molecule has 0 unspecified atom stereocenters. The van der Waals surface area contributed by atoms with Crippen LogP contribution in [0.4, 0.5) is 6.01 Å². The molecule has 3 rings (SSSR count). The Balaban J connectivity index is 1.81. The molecule has 2 aromatic carbocycles. The number of anilines is 1. The molecular weight excluding hydrogens is 405 g/mol. The molecule has 0 fully saturated rings. The first kappa shape index (κ1) is 16.0. The summed E-state index contributed by atoms with van der Waals surface area (Å²) in [5.41, 5.74) is 0.996. The molecule has 0 saturated carbocycles. The molecule has 0 radical (unpaired) electrons. The Bertz CT molecular complexity index is 883. The normalized spacial score (nSPS) is 10.6. The summed E-state index contributed by atoms with van der Waals surface area (Å²) >= 11 is 15.2. The summed E-state index contributed by atoms with van der Waals surface area (Å²) in [4.78, 5) is 12.1. The molecular formula is C15H8BrCl2N3O2. The Morgan fingerprint density at radius 2 is 1.96 bits per heavy atom. The topological polar surface area (TPSA) is 68.0 Å². The van der Waals surface area contributed by atoms with Crippen LogP contribution in [0.2, 0.25) is 10.0 Å². The van der Waals surface area contributed by atoms with E-state index >= 15 is 0 Å². The van der Waals surface area contributed by atoms with Gasteiger partial charge >= 0.3 is 6.01 Å². The van der Waals surface area contributed by atoms with Gasteiger partial charge in [0.25, 0.3) is 11.8 Å². The highest BCUT2D eigenvalue weighted by Gasteiger charge is 2.15. The lowest BCUT2D eigenvalue weighted by atomic mass is 10.2. The fourth-order valence-electron chi connectivity index (χ4n) is 1.84. The Kier molecular flexibility index (Phi) is 4.66. The molecule has 0 aliphatic heterocycles. The molecule has 0 bridgehead atoms. The van der Waals surface area contributed by atoms with E-state index in [-0.39, 0.29) is 17.8 Å². The SMILES string of the molecule is O=C(Nc1nnc(-c2ccc(Cl)cc2Cl)o1)c1cccc(Br)c1. The van der Waals surface area contributed by atoms with Gasteiger partial charge in [0, 0.05) is 15.1 Å². The van der Waals surface area contributed by atoms with Gasteiger partial charge in [0.15, 0.2) is 0 Å². The lowest BCUT2D eigenvalue weighted by molar-refractivity contribution is 0.102. The van der Waals surface area contributed by atoms with Crippen molar-refractivity contribution in [2.24, 2.45) is 0 Å². The van der Waals surface area contributed by atoms with Crippen molar-refractivity contribution < 1.29 is 9.21 Å². The van der Waals surface area contributed by atoms with Crippen molar-refractivity contribution in [3.05, 3.63) is 62.5 Å². The van der Waals surface area contributed by atoms with E-state index in [2.05, 4.69) is 31.4 Å². The predicted octanol–water partition coefficient (Wildman–Crippen LogP) is 5.06. The Labute approximate surface area is 149 Å². The van der Waals surface area contributed by atoms with Gasteiger partial charge < -0.3 is 4.42 Å². The van der Waals surface area contributed by atoms with Gasteiger partial charge in [0.2, 0.25) is 0 Å². The number of nitrogens with zero attached hydrogens (tertiary/aromatic N) is 2. The van der Waals surface area contributed by atoms with E-state index in [1.54, 1.807) is 36.4 Å². The molecule has 1 heterocycles. The maximum absolute atomic E-state index is 12.1. The van der Waals surface area contributed by atoms with Crippen molar-refractivity contribution in [3.63, 3.8) is 0 Å². The number of halogens is 3. The molecule has 8 heteroatoms. The summed E-state index contributed by atoms with van der Waals surface area (Å²) in [5, 5.41) is 11.1. The van der Waals surface area contributed by atoms with Crippen LogP contribution >= 0.6 is 39.1 Å². The first-order chi connectivity index (χ1) is 11.0. The Hall–Kier alpha value is -1.89. The molecule has 5 nitrogen and oxygen atoms in total. The van der Waals surface area contributed by atoms with Crippen molar-refractivity contribution >= 4 is 51.1 Å². The van der Waals surface area contributed by atoms with Crippen LogP contribution < -0.4 is 5.32 Å². The molecule has 3 aromatic rings. The molecule has 1 amide bonds. The summed E-state index contributed by atoms with van der Waals surface area (Å²) in [5.74, 6) is -0.167. The van der Waals surface area contributed by atoms with Gasteiger partial charge in [-0.05, 0) is 36.4 Å². The van der Waals surface area contributed by atoms with Gasteiger partial charge in [-0.25, -0.2) is 0 Å². The van der Waals surface area contributed by atoms with Crippen molar-refractivity contribution in [2.45, 2.75) is 0 Å². The number of carbonyl (C=O) groups excluding carboxylic acids is 1. The quantitative estimate of drug-likeness (QED) is 0.652. The summed E-state index contributed by atoms with van der Waals surface area (Å²) in [6, 6.07) is 11.8. The van der Waals surface area contributed by atoms with Crippen LogP contribution in [0, 0.1) is 0 Å². The van der Waals surface area contributed by atoms with Gasteiger partial charge in [-0.15, -0.1) is 5.10 Å². The van der Waals surface area contributed by atoms with Crippen molar-refractivity contribution in [1.29, 1.82) is 0 Å². The third kappa shape index (κ3) is 3.72. The van der Waals surface area contributed by atoms with Gasteiger partial charge in [-0.2, -0.15) is 0 Å². The summed E-state index contributed by atoms with van der Waals surface area (Å²) in [6.45, 7) is 0. The van der Waals surface area contributed by atoms with Crippen LogP contribution in [-0.4, -0.2) is 16.1 Å². The van der Waals surface area contributed by atoms with Crippen molar-refractivity contribution in [1.82, 2.24) is 10.2 Å². The molecule has 1 N–H and O–H groups in total. The third-order valence-electron chi connectivity index (χ3n) is 2.89. The number of hydrogen-bond acceptors (Lipinski definition) is 4. The summed E-state index contributed by atoms with van der Waals surface area (Å²) in [6.07, 6.45) is 0. The number of rotatable bonds is 3. The van der Waals surface area contributed by atoms with Gasteiger partial charge in [0.1, 0.15) is 0 Å². The van der Waals surface area contributed by atoms with E-state index in [1.807, 2.05) is 6.07 Å². The van der Waals surface area contributed by atoms with Crippen LogP contribution in [0.3, 0.4) is 0 Å². The zero-order chi connectivity index (χ0) is 16.4. The van der Waals surface area contributed by atoms with E-state index in [1.165, 1.54) is 0 Å². The molecule has 0 saturated heterocycles. The maximum atomic E-state index is 12.1. The average molecular weight is 413 g/mol. The summed E-state index contributed by atoms with van der Waals surface area (Å²) < 4.78 is 6.22. The van der Waals surface area contributed by atoms with Crippen LogP contribution in [0.25, 0.3) is 11.5 Å². The van der Waals surface area contributed by atoms with Gasteiger partial charge in [-0.3, -0.25) is 10.1 Å². The lowest BCUT2D eigenvalue weighted by Gasteiger charge is -2.01. The first-order valence-electron chi connectivity index (χ1n) is 6.39. The van der Waals surface area contributed by atoms with Gasteiger partial charge in [0.05, 0.1) is 10.6 Å². The molecule has 0 spiro atoms. The monoisotopic (exact) mass is 411 g/mol. The molecule has 116 valence electrons. The fraction of sp³-hybridized carbons (Fsp3) is 0. The summed E-state index contributed by atoms with van der Waals surface area (Å²) in [7, 11) is 0. The molecule has 0 aliphatic carbocycles. The van der Waals surface area contributed by atoms with Crippen molar-refractivity contribution in [2.75, 3.05) is 5.32 Å². The average Bonchev–Trinajstić information content (AvgIpc) is 2.95. The standard InChI is InChI=1S/C15H8BrCl2N3O2/c16-9-3-1-2-8(6-9)13(22)19-15-21-20-14(23-15)11-5-4-10(17)7-12(11)18/h1-7H,(H,19,21,22). The highest BCUT2D eigenvalue weighted by Crippen LogP contribution is 2.30. The zero-order valence-electron chi connectivity index (χ0n) is 11.4. The minimum absolute atomic E-state index is 0.0176. The predicted molar refractivity (Wildman–Crippen MR) is 91.8 cm³/mol. The van der Waals surface area contributed by atoms with E-state index in [4.69, 9.17) is 27.6 Å². The number of carbonyl (C=O) groups is 1. The number of hydrogen-bond donors (Lipinski definition) is 1. The minimum Gasteiger partial charge on any atom is -0.403 e. The highest BCUT2D eigenvalue weighted by atomic mass is 79.9. The Morgan fingerprint density at radius 1 is 1.13 bits per heavy atom. The van der Waals surface area contributed by atoms with E-state index in [0.29, 0.717) is 21.2 Å². The number of nitrogens with one attached hydrogen (secondary N) is 1. The number of amides is 1. The number of benzene rings is 2. The Morgan fingerprint density at radius 3 is 2.70 bits per heavy atom. The second kappa shape index (κ2) is 6.70. The van der Waals surface area contributed by atoms with Crippen LogP contribution in [-0.2, 0) is 0 Å². The second-order valence-electron chi connectivity index (χ2n) is 4.50. The maximum Gasteiger partial charge on any atom is 0.322 e. The van der Waals surface area contributed by atoms with E-state index in [0.717, 1.165) is 4.47 Å². The lowest BCUT2D eigenvalue weighted by Crippen LogP contribution is -2.11. The largest absolute Gasteiger partial charge is 0.403 e. The molecule has 0 atom stereocenters. The third-order valence-corrected chi connectivity index (χ3v) is 3.93. The van der Waals surface area contributed by atoms with E-state index < -0.39 is 0 Å². The van der Waals surface area contributed by atoms with Crippen molar-refractivity contribution in [3.8, 4) is 11.5 Å². The molecule has 1 aromatic heterocycles. The molecule has 0 aliphatic rings. The van der Waals surface area contributed by atoms with E-state index in [9.17, 15) is 4.79 Å². The number of aromatic nitrogens is 2. The minimum atomic E-state index is -0.358. The van der Waals surface area contributed by atoms with Crippen LogP contribution in [0.15, 0.2) is 51.4 Å². The molecule has 23 heavy (non-hydrogen) atoms.